The molecule has 0 aliphatic carbocycles. The number of nitrogens with zero attached hydrogens (tertiary/aromatic N) is 6. The number of nitrogens with one attached hydrogen (secondary N) is 14. The van der Waals surface area contributed by atoms with Gasteiger partial charge in [0.25, 0.3) is 0 Å². The smallest absolute Gasteiger partial charge is 0.457 e. The quantitative estimate of drug-likeness (QED) is 0.0153. The van der Waals surface area contributed by atoms with Gasteiger partial charge in [-0.1, -0.05) is 50.6 Å². The largest absolute Gasteiger partial charge is 3.00 e. The maximum Gasteiger partial charge on any atom is 3.00 e. The SMILES string of the molecule is C.CC(=O)NCC(=O)NCCOCCN.CC(=O)NCC(=O)NCCOCCN.C[C@@H]1CSSCC(NC(=O)CNC(=O)CNC(=O)CC[C@@H](C(=O)O)N(CCN(CC(=O)O)CC(=O)O)CCN(CC(=O)O)CC(=O)O)C(=O)NCC(=O)N1.C[C@@H]1CSSCC(NC(=O)CNC(=O)CNC(=O)CC[C@@H](C(=O)O)N(CCN(CC(=O)O)CC(=O)O)CCN(CC(=O)O)CC(=O)O)C(=O)NCC(=O)N1.[Cl][Gd]([Cl])[Cl].[Gd+3].[OH3+]. The van der Waals surface area contributed by atoms with E-state index in [1.54, 1.807) is 13.8 Å². The number of rotatable bonds is 62. The first-order chi connectivity index (χ1) is 65.8. The zero-order valence-electron chi connectivity index (χ0n) is 77.7. The van der Waals surface area contributed by atoms with E-state index in [-0.39, 0.29) is 191 Å². The Balaban J connectivity index is -0.000000492. The Hall–Kier alpha value is -8.24. The second kappa shape index (κ2) is 89.0. The molecule has 2 heterocycles. The van der Waals surface area contributed by atoms with Gasteiger partial charge in [0.15, 0.2) is 0 Å². The molecule has 2 saturated heterocycles. The van der Waals surface area contributed by atoms with Crippen LogP contribution in [0.25, 0.3) is 0 Å². The molecule has 0 bridgehead atoms. The summed E-state index contributed by atoms with van der Waals surface area (Å²) >= 11 is -1.98. The van der Waals surface area contributed by atoms with Crippen LogP contribution in [0.15, 0.2) is 0 Å². The standard InChI is InChI=1S/2C29H46N8O15S2.2C8H17N3O3.CH4.3ClH.2Gd.H2O/c2*1-17-15-53-54-16-18(28(50)32-10-22(40)33-17)34-23(41)9-31-21(39)8-30-20(38)3-2-19(29(51)52)37(6-4-35(11-24(42)43)12-25(44)45)7-5-36(13-26(46)47)14-27(48)49;2*1-7(12)11-6-8(13)10-3-5-14-4-2-9;;;;;;;/h2*17-19H,2-16H2,1H3,(H,30,38)(H,31,39)(H,32,50)(H,33,40)(H,34,41)(H,42,43)(H,44,45)(H,46,47)(H,48,49)(H,51,52);2*2-6,9H2,1H3,(H,10,13)(H,11,12);1H4;3*1H;;;1H2/q;;;;;;;;2*+3;/p-2/t2*17-,18?,19+;;;;;;;;;/m11........./s1. The zero-order valence-corrected chi connectivity index (χ0v) is 87.8. The van der Waals surface area contributed by atoms with Crippen LogP contribution < -0.4 is 85.9 Å². The molecule has 0 aromatic heterocycles. The molecule has 2 fully saturated rings. The number of ether oxygens (including phenoxy) is 2. The first kappa shape index (κ1) is 145. The number of amides is 14. The van der Waals surface area contributed by atoms with Crippen LogP contribution in [0.3, 0.4) is 0 Å². The van der Waals surface area contributed by atoms with Gasteiger partial charge < -0.3 is 152 Å². The van der Waals surface area contributed by atoms with Crippen LogP contribution in [0.5, 0.6) is 0 Å². The van der Waals surface area contributed by atoms with Crippen molar-refractivity contribution in [1.82, 2.24) is 104 Å². The first-order valence-corrected chi connectivity index (χ1v) is 55.4. The molecule has 0 spiro atoms. The van der Waals surface area contributed by atoms with Crippen LogP contribution in [0.1, 0.15) is 60.8 Å². The minimum Gasteiger partial charge on any atom is -0.457 e. The van der Waals surface area contributed by atoms with Crippen molar-refractivity contribution in [2.24, 2.45) is 11.5 Å². The van der Waals surface area contributed by atoms with Crippen LogP contribution in [-0.2, 0) is 130 Å². The summed E-state index contributed by atoms with van der Waals surface area (Å²) in [6.45, 7) is -0.799. The number of carbonyl (C=O) groups is 24. The van der Waals surface area contributed by atoms with E-state index in [2.05, 4.69) is 74.4 Å². The fourth-order valence-corrected chi connectivity index (χ4v) is 15.8. The molecule has 0 aromatic rings. The van der Waals surface area contributed by atoms with Gasteiger partial charge in [-0.3, -0.25) is 144 Å². The van der Waals surface area contributed by atoms with Crippen molar-refractivity contribution in [3.63, 3.8) is 0 Å². The van der Waals surface area contributed by atoms with Crippen molar-refractivity contribution < 1.29 is 250 Å². The zero-order chi connectivity index (χ0) is 107. The number of carboxylic acids is 10. The van der Waals surface area contributed by atoms with Crippen molar-refractivity contribution in [3.8, 4) is 0 Å². The molecule has 0 aromatic carbocycles. The van der Waals surface area contributed by atoms with E-state index in [0.29, 0.717) is 64.1 Å². The Bertz CT molecular complexity index is 3620. The van der Waals surface area contributed by atoms with E-state index in [1.165, 1.54) is 66.8 Å². The van der Waals surface area contributed by atoms with E-state index in [1.807, 2.05) is 0 Å². The number of carboxylic acid groups (broad SMARTS) is 10. The second-order valence-corrected chi connectivity index (χ2v) is 44.2. The maximum atomic E-state index is 12.6. The minimum atomic E-state index is -1.98. The van der Waals surface area contributed by atoms with Crippen molar-refractivity contribution in [2.45, 2.75) is 97.1 Å². The molecule has 143 heavy (non-hydrogen) atoms. The molecule has 6 atom stereocenters. The van der Waals surface area contributed by atoms with E-state index >= 15 is 0 Å². The molecule has 2 unspecified atom stereocenters. The summed E-state index contributed by atoms with van der Waals surface area (Å²) in [5.74, 6) is -4.87. The van der Waals surface area contributed by atoms with E-state index < -0.39 is 263 Å². The van der Waals surface area contributed by atoms with Crippen LogP contribution in [0, 0.1) is 69.1 Å². The Morgan fingerprint density at radius 1 is 0.385 bits per heavy atom. The van der Waals surface area contributed by atoms with Gasteiger partial charge in [-0.05, 0) is 26.7 Å². The maximum absolute atomic E-state index is 12.6. The van der Waals surface area contributed by atoms with Crippen LogP contribution in [0.4, 0.5) is 0 Å². The summed E-state index contributed by atoms with van der Waals surface area (Å²) < 4.78 is 10.1. The number of carbonyl (C=O) groups excluding carboxylic acids is 14. The third-order valence-electron chi connectivity index (χ3n) is 17.1. The molecule has 31 N–H and O–H groups in total. The molecular weight excluding hydrogens is 2350 g/mol. The number of hydrogen-bond acceptors (Lipinski definition) is 38. The monoisotopic (exact) mass is 2480 g/mol. The van der Waals surface area contributed by atoms with Gasteiger partial charge in [0.05, 0.1) is 131 Å². The number of nitrogens with two attached hydrogens (primary N) is 2. The Morgan fingerprint density at radius 3 is 0.867 bits per heavy atom. The van der Waals surface area contributed by atoms with E-state index in [9.17, 15) is 125 Å². The van der Waals surface area contributed by atoms with Crippen LogP contribution in [-0.4, -0.2) is 492 Å². The molecule has 14 amide bonds. The Morgan fingerprint density at radius 2 is 0.622 bits per heavy atom. The van der Waals surface area contributed by atoms with Gasteiger partial charge in [-0.2, -0.15) is 0 Å². The van der Waals surface area contributed by atoms with Gasteiger partial charge in [-0.15, -0.1) is 0 Å². The van der Waals surface area contributed by atoms with E-state index in [0.717, 1.165) is 19.6 Å². The van der Waals surface area contributed by atoms with Gasteiger partial charge in [0, 0.05) is 140 Å². The van der Waals surface area contributed by atoms with Crippen molar-refractivity contribution >= 4 is 203 Å². The summed E-state index contributed by atoms with van der Waals surface area (Å²) in [6.07, 6.45) is -1.71. The van der Waals surface area contributed by atoms with Crippen LogP contribution in [0.2, 0.25) is 0 Å². The van der Waals surface area contributed by atoms with Gasteiger partial charge in [-0.25, -0.2) is 0 Å². The molecule has 2 aliphatic heterocycles. The van der Waals surface area contributed by atoms with Crippen LogP contribution >= 0.6 is 61.1 Å². The number of halogens is 3. The summed E-state index contributed by atoms with van der Waals surface area (Å²) in [4.78, 5) is 288. The summed E-state index contributed by atoms with van der Waals surface area (Å²) in [5, 5.41) is 128. The molecule has 822 valence electrons. The minimum absolute atomic E-state index is 0. The molecule has 1 radical (unpaired) electrons. The number of aliphatic carboxylic acids is 10. The average Bonchev–Trinajstić information content (AvgIpc) is 1.25. The summed E-state index contributed by atoms with van der Waals surface area (Å²) in [5.41, 5.74) is 10.4. The van der Waals surface area contributed by atoms with Crippen molar-refractivity contribution in [1.29, 1.82) is 0 Å². The van der Waals surface area contributed by atoms with Gasteiger partial charge in [0.2, 0.25) is 82.7 Å². The summed E-state index contributed by atoms with van der Waals surface area (Å²) in [7, 11) is 5.41. The molecular formula is C75H133Cl3Gd2N22O37S4+4. The summed E-state index contributed by atoms with van der Waals surface area (Å²) in [6, 6.07) is -5.24. The second-order valence-electron chi connectivity index (χ2n) is 29.2. The molecule has 2 aliphatic rings. The third kappa shape index (κ3) is 88.7. The molecule has 68 heteroatoms. The fourth-order valence-electron chi connectivity index (χ4n) is 10.9. The van der Waals surface area contributed by atoms with Gasteiger partial charge >= 0.3 is 147 Å². The first-order valence-electron chi connectivity index (χ1n) is 41.9. The normalized spacial score (nSPS) is 15.1. The molecule has 0 saturated carbocycles. The predicted molar refractivity (Wildman–Crippen MR) is 511 cm³/mol. The fraction of sp³-hybridized carbons (Fsp3) is 0.680. The Kier molecular flexibility index (Phi) is 90.5. The average molecular weight is 2480 g/mol. The third-order valence-corrected chi connectivity index (χ3v) is 22.3. The Labute approximate surface area is 890 Å². The topological polar surface area (TPSA) is 903 Å². The molecule has 2 rings (SSSR count). The van der Waals surface area contributed by atoms with Gasteiger partial charge in [0.1, 0.15) is 24.2 Å². The van der Waals surface area contributed by atoms with Crippen molar-refractivity contribution in [2.75, 3.05) is 233 Å². The predicted octanol–water partition coefficient (Wildman–Crippen LogP) is -11.4. The van der Waals surface area contributed by atoms with E-state index in [4.69, 9.17) is 79.7 Å². The van der Waals surface area contributed by atoms with Crippen molar-refractivity contribution in [3.05, 3.63) is 0 Å². The molecule has 59 nitrogen and oxygen atoms in total. The number of hydrogen-bond donors (Lipinski definition) is 26.